The highest BCUT2D eigenvalue weighted by Gasteiger charge is 2.10. The minimum Gasteiger partial charge on any atom is -0.322 e. The Morgan fingerprint density at radius 2 is 1.95 bits per heavy atom. The molecule has 4 nitrogen and oxygen atoms in total. The molecule has 0 aliphatic rings. The number of amides is 2. The highest BCUT2D eigenvalue weighted by molar-refractivity contribution is 9.10. The van der Waals surface area contributed by atoms with Gasteiger partial charge in [-0.2, -0.15) is 0 Å². The molecule has 110 valence electrons. The van der Waals surface area contributed by atoms with Gasteiger partial charge in [0, 0.05) is 33.0 Å². The molecule has 0 aliphatic heterocycles. The largest absolute Gasteiger partial charge is 0.322 e. The van der Waals surface area contributed by atoms with Crippen molar-refractivity contribution in [2.45, 2.75) is 13.5 Å². The van der Waals surface area contributed by atoms with E-state index in [2.05, 4.69) is 21.2 Å². The smallest absolute Gasteiger partial charge is 0.321 e. The molecule has 1 aromatic heterocycles. The maximum absolute atomic E-state index is 12.1. The molecule has 0 saturated heterocycles. The minimum absolute atomic E-state index is 0.00765. The Bertz CT molecular complexity index is 652. The van der Waals surface area contributed by atoms with Crippen LogP contribution in [0.25, 0.3) is 0 Å². The Kier molecular flexibility index (Phi) is 5.14. The van der Waals surface area contributed by atoms with Gasteiger partial charge in [-0.3, -0.25) is 4.79 Å². The van der Waals surface area contributed by atoms with Gasteiger partial charge in [0.15, 0.2) is 5.78 Å². The van der Waals surface area contributed by atoms with Crippen LogP contribution in [0.3, 0.4) is 0 Å². The molecule has 2 rings (SSSR count). The number of carbonyl (C=O) groups is 2. The molecule has 1 aromatic carbocycles. The Morgan fingerprint density at radius 3 is 2.48 bits per heavy atom. The third-order valence-corrected chi connectivity index (χ3v) is 4.59. The van der Waals surface area contributed by atoms with Crippen molar-refractivity contribution in [2.24, 2.45) is 0 Å². The lowest BCUT2D eigenvalue weighted by molar-refractivity contribution is 0.101. The summed E-state index contributed by atoms with van der Waals surface area (Å²) in [5.74, 6) is 0.00765. The first-order valence-electron chi connectivity index (χ1n) is 6.32. The number of Topliss-reactive ketones (excluding diaryl/α,β-unsaturated/α-hetero) is 1. The van der Waals surface area contributed by atoms with Crippen LogP contribution in [-0.4, -0.2) is 23.8 Å². The number of hydrogen-bond acceptors (Lipinski definition) is 3. The molecule has 21 heavy (non-hydrogen) atoms. The third kappa shape index (κ3) is 4.41. The van der Waals surface area contributed by atoms with Crippen molar-refractivity contribution >= 4 is 44.8 Å². The molecule has 1 heterocycles. The fraction of sp³-hybridized carbons (Fsp3) is 0.200. The number of carbonyl (C=O) groups excluding carboxylic acids is 2. The summed E-state index contributed by atoms with van der Waals surface area (Å²) in [6, 6.07) is 8.67. The van der Waals surface area contributed by atoms with Crippen LogP contribution >= 0.6 is 27.3 Å². The number of urea groups is 1. The maximum Gasteiger partial charge on any atom is 0.321 e. The first kappa shape index (κ1) is 15.7. The number of nitrogens with one attached hydrogen (secondary N) is 1. The fourth-order valence-electron chi connectivity index (χ4n) is 1.75. The second-order valence-electron chi connectivity index (χ2n) is 4.65. The van der Waals surface area contributed by atoms with Crippen molar-refractivity contribution in [1.82, 2.24) is 4.90 Å². The van der Waals surface area contributed by atoms with E-state index in [0.717, 1.165) is 9.35 Å². The molecule has 0 unspecified atom stereocenters. The van der Waals surface area contributed by atoms with Crippen molar-refractivity contribution < 1.29 is 9.59 Å². The Hall–Kier alpha value is -1.66. The molecular weight excluding hydrogens is 352 g/mol. The standard InChI is InChI=1S/C15H15BrN2O2S/c1-10(19)11-3-5-13(6-4-11)17-15(20)18(2)8-14-7-12(16)9-21-14/h3-7,9H,8H2,1-2H3,(H,17,20). The van der Waals surface area contributed by atoms with Crippen molar-refractivity contribution in [2.75, 3.05) is 12.4 Å². The zero-order valence-corrected chi connectivity index (χ0v) is 14.1. The van der Waals surface area contributed by atoms with Crippen LogP contribution in [0.5, 0.6) is 0 Å². The van der Waals surface area contributed by atoms with Crippen LogP contribution in [0.15, 0.2) is 40.2 Å². The normalized spacial score (nSPS) is 10.2. The van der Waals surface area contributed by atoms with Crippen molar-refractivity contribution in [3.8, 4) is 0 Å². The van der Waals surface area contributed by atoms with E-state index in [4.69, 9.17) is 0 Å². The first-order valence-corrected chi connectivity index (χ1v) is 7.99. The van der Waals surface area contributed by atoms with Crippen LogP contribution in [0, 0.1) is 0 Å². The van der Waals surface area contributed by atoms with E-state index in [9.17, 15) is 9.59 Å². The van der Waals surface area contributed by atoms with E-state index in [1.54, 1.807) is 47.5 Å². The lowest BCUT2D eigenvalue weighted by Crippen LogP contribution is -2.30. The maximum atomic E-state index is 12.1. The zero-order valence-electron chi connectivity index (χ0n) is 11.7. The molecule has 0 aliphatic carbocycles. The Balaban J connectivity index is 1.95. The number of anilines is 1. The van der Waals surface area contributed by atoms with E-state index < -0.39 is 0 Å². The summed E-state index contributed by atoms with van der Waals surface area (Å²) in [6.45, 7) is 2.06. The van der Waals surface area contributed by atoms with Crippen molar-refractivity contribution in [1.29, 1.82) is 0 Å². The monoisotopic (exact) mass is 366 g/mol. The quantitative estimate of drug-likeness (QED) is 0.816. The van der Waals surface area contributed by atoms with Crippen LogP contribution in [0.2, 0.25) is 0 Å². The van der Waals surface area contributed by atoms with Gasteiger partial charge < -0.3 is 10.2 Å². The third-order valence-electron chi connectivity index (χ3n) is 2.90. The van der Waals surface area contributed by atoms with Crippen LogP contribution in [0.4, 0.5) is 10.5 Å². The highest BCUT2D eigenvalue weighted by Crippen LogP contribution is 2.21. The second kappa shape index (κ2) is 6.87. The summed E-state index contributed by atoms with van der Waals surface area (Å²) in [5.41, 5.74) is 1.30. The van der Waals surface area contributed by atoms with Gasteiger partial charge in [0.25, 0.3) is 0 Å². The number of thiophene rings is 1. The minimum atomic E-state index is -0.185. The summed E-state index contributed by atoms with van der Waals surface area (Å²) in [6.07, 6.45) is 0. The Labute approximate surface area is 135 Å². The molecule has 0 spiro atoms. The number of ketones is 1. The molecule has 0 radical (unpaired) electrons. The predicted molar refractivity (Wildman–Crippen MR) is 89.0 cm³/mol. The van der Waals surface area contributed by atoms with E-state index in [1.807, 2.05) is 11.4 Å². The van der Waals surface area contributed by atoms with Crippen molar-refractivity contribution in [3.05, 3.63) is 50.6 Å². The van der Waals surface area contributed by atoms with Crippen LogP contribution < -0.4 is 5.32 Å². The first-order chi connectivity index (χ1) is 9.95. The molecule has 2 amide bonds. The summed E-state index contributed by atoms with van der Waals surface area (Å²) < 4.78 is 1.02. The van der Waals surface area contributed by atoms with Crippen molar-refractivity contribution in [3.63, 3.8) is 0 Å². The lowest BCUT2D eigenvalue weighted by Gasteiger charge is -2.17. The van der Waals surface area contributed by atoms with Gasteiger partial charge in [0.2, 0.25) is 0 Å². The van der Waals surface area contributed by atoms with Gasteiger partial charge in [-0.25, -0.2) is 4.79 Å². The van der Waals surface area contributed by atoms with Gasteiger partial charge in [0.05, 0.1) is 6.54 Å². The van der Waals surface area contributed by atoms with E-state index in [0.29, 0.717) is 17.8 Å². The molecule has 2 aromatic rings. The van der Waals surface area contributed by atoms with Gasteiger partial charge >= 0.3 is 6.03 Å². The van der Waals surface area contributed by atoms with Gasteiger partial charge in [0.1, 0.15) is 0 Å². The lowest BCUT2D eigenvalue weighted by atomic mass is 10.1. The molecule has 1 N–H and O–H groups in total. The van der Waals surface area contributed by atoms with Gasteiger partial charge in [-0.05, 0) is 53.2 Å². The van der Waals surface area contributed by atoms with E-state index in [1.165, 1.54) is 6.92 Å². The molecule has 0 fully saturated rings. The fourth-order valence-corrected chi connectivity index (χ4v) is 3.25. The second-order valence-corrected chi connectivity index (χ2v) is 6.56. The van der Waals surface area contributed by atoms with Crippen LogP contribution in [0.1, 0.15) is 22.2 Å². The molecular formula is C15H15BrN2O2S. The number of rotatable bonds is 4. The number of halogens is 1. The molecule has 0 atom stereocenters. The highest BCUT2D eigenvalue weighted by atomic mass is 79.9. The summed E-state index contributed by atoms with van der Waals surface area (Å²) >= 11 is 5.00. The predicted octanol–water partition coefficient (Wildman–Crippen LogP) is 4.38. The average molecular weight is 367 g/mol. The van der Waals surface area contributed by atoms with Gasteiger partial charge in [-0.1, -0.05) is 0 Å². The van der Waals surface area contributed by atoms with Gasteiger partial charge in [-0.15, -0.1) is 11.3 Å². The molecule has 0 bridgehead atoms. The topological polar surface area (TPSA) is 49.4 Å². The average Bonchev–Trinajstić information content (AvgIpc) is 2.84. The van der Waals surface area contributed by atoms with E-state index in [-0.39, 0.29) is 11.8 Å². The van der Waals surface area contributed by atoms with E-state index >= 15 is 0 Å². The molecule has 6 heteroatoms. The summed E-state index contributed by atoms with van der Waals surface area (Å²) in [4.78, 5) is 26.0. The van der Waals surface area contributed by atoms with Crippen LogP contribution in [-0.2, 0) is 6.54 Å². The number of hydrogen-bond donors (Lipinski definition) is 1. The zero-order chi connectivity index (χ0) is 15.4. The number of benzene rings is 1. The molecule has 0 saturated carbocycles. The Morgan fingerprint density at radius 1 is 1.29 bits per heavy atom. The SMILES string of the molecule is CC(=O)c1ccc(NC(=O)N(C)Cc2cc(Br)cs2)cc1. The summed E-state index contributed by atoms with van der Waals surface area (Å²) in [5, 5.41) is 4.79. The number of nitrogens with zero attached hydrogens (tertiary/aromatic N) is 1. The summed E-state index contributed by atoms with van der Waals surface area (Å²) in [7, 11) is 1.74.